The zero-order valence-electron chi connectivity index (χ0n) is 18.3. The summed E-state index contributed by atoms with van der Waals surface area (Å²) in [6.07, 6.45) is 7.91. The zero-order chi connectivity index (χ0) is 21.8. The van der Waals surface area contributed by atoms with Crippen LogP contribution < -0.4 is 0 Å². The molecule has 0 aliphatic carbocycles. The van der Waals surface area contributed by atoms with E-state index in [0.29, 0.717) is 19.0 Å². The molecular formula is C23H27N5O2S. The van der Waals surface area contributed by atoms with Crippen molar-refractivity contribution in [3.63, 3.8) is 0 Å². The van der Waals surface area contributed by atoms with E-state index < -0.39 is 5.60 Å². The highest BCUT2D eigenvalue weighted by Crippen LogP contribution is 2.33. The van der Waals surface area contributed by atoms with Crippen LogP contribution in [-0.4, -0.2) is 48.7 Å². The summed E-state index contributed by atoms with van der Waals surface area (Å²) >= 11 is 1.70. The molecule has 0 bridgehead atoms. The lowest BCUT2D eigenvalue weighted by molar-refractivity contribution is 0.0204. The normalized spacial score (nSPS) is 15.8. The molecule has 0 spiro atoms. The quantitative estimate of drug-likeness (QED) is 0.436. The molecule has 0 aromatic carbocycles. The van der Waals surface area contributed by atoms with Crippen molar-refractivity contribution in [3.05, 3.63) is 48.2 Å². The van der Waals surface area contributed by atoms with Crippen molar-refractivity contribution >= 4 is 27.9 Å². The molecule has 8 heteroatoms. The van der Waals surface area contributed by atoms with E-state index in [0.717, 1.165) is 34.7 Å². The van der Waals surface area contributed by atoms with Crippen LogP contribution >= 0.6 is 11.3 Å². The van der Waals surface area contributed by atoms with Crippen molar-refractivity contribution in [2.24, 2.45) is 0 Å². The van der Waals surface area contributed by atoms with Gasteiger partial charge in [0.25, 0.3) is 0 Å². The number of pyridine rings is 1. The molecule has 5 rings (SSSR count). The number of carbonyl (C=O) groups excluding carboxylic acids is 1. The lowest BCUT2D eigenvalue weighted by Gasteiger charge is -2.32. The third-order valence-corrected chi connectivity index (χ3v) is 6.66. The Labute approximate surface area is 185 Å². The number of fused-ring (bicyclic) bond motifs is 2. The van der Waals surface area contributed by atoms with Gasteiger partial charge in [0.15, 0.2) is 4.96 Å². The first kappa shape index (κ1) is 20.1. The smallest absolute Gasteiger partial charge is 0.410 e. The summed E-state index contributed by atoms with van der Waals surface area (Å²) in [5, 5.41) is 4.45. The summed E-state index contributed by atoms with van der Waals surface area (Å²) in [6, 6.07) is 6.35. The van der Waals surface area contributed by atoms with E-state index in [1.807, 2.05) is 43.3 Å². The maximum atomic E-state index is 12.3. The van der Waals surface area contributed by atoms with Gasteiger partial charge in [0.1, 0.15) is 5.60 Å². The number of aryl methyl sites for hydroxylation is 1. The second kappa shape index (κ2) is 7.37. The van der Waals surface area contributed by atoms with E-state index in [9.17, 15) is 4.79 Å². The molecule has 5 heterocycles. The van der Waals surface area contributed by atoms with Crippen LogP contribution in [-0.2, 0) is 4.74 Å². The highest BCUT2D eigenvalue weighted by molar-refractivity contribution is 7.20. The molecule has 1 aliphatic heterocycles. The van der Waals surface area contributed by atoms with E-state index in [4.69, 9.17) is 9.72 Å². The first-order valence-electron chi connectivity index (χ1n) is 10.7. The van der Waals surface area contributed by atoms with Crippen LogP contribution in [0, 0.1) is 6.92 Å². The minimum atomic E-state index is -0.457. The van der Waals surface area contributed by atoms with Gasteiger partial charge >= 0.3 is 6.09 Å². The molecule has 4 aromatic rings. The van der Waals surface area contributed by atoms with Crippen LogP contribution in [0.25, 0.3) is 20.9 Å². The number of thiazole rings is 1. The number of imidazole rings is 1. The van der Waals surface area contributed by atoms with Gasteiger partial charge in [-0.3, -0.25) is 4.40 Å². The van der Waals surface area contributed by atoms with Crippen LogP contribution in [0.4, 0.5) is 4.79 Å². The van der Waals surface area contributed by atoms with E-state index in [2.05, 4.69) is 40.1 Å². The van der Waals surface area contributed by atoms with E-state index in [-0.39, 0.29) is 6.09 Å². The summed E-state index contributed by atoms with van der Waals surface area (Å²) in [7, 11) is 0. The number of likely N-dealkylation sites (tertiary alicyclic amines) is 1. The molecule has 1 saturated heterocycles. The third-order valence-electron chi connectivity index (χ3n) is 5.61. The molecule has 0 saturated carbocycles. The standard InChI is InChI=1S/C23H27N5O2S/c1-15-11-18-12-17(7-10-28(18)25-15)20-14-27-13-19(24-21(27)31-20)16-5-8-26(9-6-16)22(29)30-23(2,3)4/h7,10-14,16H,5-6,8-9H2,1-4H3. The Kier molecular flexibility index (Phi) is 4.77. The molecule has 1 aliphatic rings. The summed E-state index contributed by atoms with van der Waals surface area (Å²) in [4.78, 5) is 21.2. The topological polar surface area (TPSA) is 64.1 Å². The number of carbonyl (C=O) groups is 1. The molecule has 1 amide bonds. The molecule has 0 radical (unpaired) electrons. The van der Waals surface area contributed by atoms with Crippen molar-refractivity contribution in [1.29, 1.82) is 0 Å². The SMILES string of the molecule is Cc1cc2cc(-c3cn4cc(C5CCN(C(=O)OC(C)(C)C)CC5)nc4s3)ccn2n1. The molecule has 162 valence electrons. The van der Waals surface area contributed by atoms with E-state index in [1.54, 1.807) is 11.3 Å². The van der Waals surface area contributed by atoms with Crippen molar-refractivity contribution in [2.75, 3.05) is 13.1 Å². The summed E-state index contributed by atoms with van der Waals surface area (Å²) in [5.41, 5.74) is 3.94. The maximum absolute atomic E-state index is 12.3. The van der Waals surface area contributed by atoms with Crippen molar-refractivity contribution < 1.29 is 9.53 Å². The third kappa shape index (κ3) is 4.04. The fourth-order valence-electron chi connectivity index (χ4n) is 4.10. The minimum Gasteiger partial charge on any atom is -0.444 e. The molecule has 0 atom stereocenters. The highest BCUT2D eigenvalue weighted by Gasteiger charge is 2.28. The van der Waals surface area contributed by atoms with Gasteiger partial charge in [0.2, 0.25) is 0 Å². The average Bonchev–Trinajstić information content (AvgIpc) is 3.37. The second-order valence-electron chi connectivity index (χ2n) is 9.26. The van der Waals surface area contributed by atoms with E-state index in [1.165, 1.54) is 10.4 Å². The highest BCUT2D eigenvalue weighted by atomic mass is 32.1. The predicted molar refractivity (Wildman–Crippen MR) is 122 cm³/mol. The number of rotatable bonds is 2. The molecule has 1 fully saturated rings. The number of nitrogens with zero attached hydrogens (tertiary/aromatic N) is 5. The van der Waals surface area contributed by atoms with Gasteiger partial charge in [-0.1, -0.05) is 11.3 Å². The van der Waals surface area contributed by atoms with Gasteiger partial charge < -0.3 is 9.64 Å². The fraction of sp³-hybridized carbons (Fsp3) is 0.435. The Hall–Kier alpha value is -2.87. The number of ether oxygens (including phenoxy) is 1. The van der Waals surface area contributed by atoms with Gasteiger partial charge in [0, 0.05) is 37.6 Å². The first-order chi connectivity index (χ1) is 14.7. The fourth-order valence-corrected chi connectivity index (χ4v) is 5.07. The lowest BCUT2D eigenvalue weighted by Crippen LogP contribution is -2.41. The number of amides is 1. The number of piperidine rings is 1. The molecule has 7 nitrogen and oxygen atoms in total. The number of aromatic nitrogens is 4. The van der Waals surface area contributed by atoms with Gasteiger partial charge in [0.05, 0.1) is 21.8 Å². The molecule has 31 heavy (non-hydrogen) atoms. The van der Waals surface area contributed by atoms with E-state index >= 15 is 0 Å². The molecule has 4 aromatic heterocycles. The van der Waals surface area contributed by atoms with Crippen LogP contribution in [0.5, 0.6) is 0 Å². The second-order valence-corrected chi connectivity index (χ2v) is 10.3. The van der Waals surface area contributed by atoms with Crippen molar-refractivity contribution in [3.8, 4) is 10.4 Å². The molecule has 0 N–H and O–H groups in total. The summed E-state index contributed by atoms with van der Waals surface area (Å²) in [5.74, 6) is 0.375. The maximum Gasteiger partial charge on any atom is 0.410 e. The molecule has 0 unspecified atom stereocenters. The summed E-state index contributed by atoms with van der Waals surface area (Å²) < 4.78 is 9.53. The first-order valence-corrected chi connectivity index (χ1v) is 11.5. The van der Waals surface area contributed by atoms with Crippen LogP contribution in [0.1, 0.15) is 50.9 Å². The summed E-state index contributed by atoms with van der Waals surface area (Å²) in [6.45, 7) is 9.13. The van der Waals surface area contributed by atoms with Gasteiger partial charge in [-0.15, -0.1) is 0 Å². The Balaban J connectivity index is 1.29. The number of hydrogen-bond acceptors (Lipinski definition) is 5. The Morgan fingerprint density at radius 2 is 1.97 bits per heavy atom. The van der Waals surface area contributed by atoms with Gasteiger partial charge in [-0.2, -0.15) is 5.10 Å². The molecular weight excluding hydrogens is 410 g/mol. The van der Waals surface area contributed by atoms with Crippen molar-refractivity contribution in [2.45, 2.75) is 52.1 Å². The monoisotopic (exact) mass is 437 g/mol. The lowest BCUT2D eigenvalue weighted by atomic mass is 9.94. The minimum absolute atomic E-state index is 0.216. The number of hydrogen-bond donors (Lipinski definition) is 0. The Bertz CT molecular complexity index is 1220. The van der Waals surface area contributed by atoms with Crippen LogP contribution in [0.3, 0.4) is 0 Å². The average molecular weight is 438 g/mol. The predicted octanol–water partition coefficient (Wildman–Crippen LogP) is 5.13. The van der Waals surface area contributed by atoms with Gasteiger partial charge in [-0.05, 0) is 64.3 Å². The zero-order valence-corrected chi connectivity index (χ0v) is 19.1. The Morgan fingerprint density at radius 1 is 1.19 bits per heavy atom. The Morgan fingerprint density at radius 3 is 2.68 bits per heavy atom. The van der Waals surface area contributed by atoms with Crippen LogP contribution in [0.15, 0.2) is 36.8 Å². The largest absolute Gasteiger partial charge is 0.444 e. The van der Waals surface area contributed by atoms with Gasteiger partial charge in [-0.25, -0.2) is 14.3 Å². The van der Waals surface area contributed by atoms with Crippen LogP contribution in [0.2, 0.25) is 0 Å². The van der Waals surface area contributed by atoms with Crippen molar-refractivity contribution in [1.82, 2.24) is 23.9 Å².